The molecule has 26 heavy (non-hydrogen) atoms. The predicted molar refractivity (Wildman–Crippen MR) is 99.4 cm³/mol. The van der Waals surface area contributed by atoms with E-state index in [1.54, 1.807) is 41.3 Å². The smallest absolute Gasteiger partial charge is 0.225 e. The molecule has 1 amide bonds. The van der Waals surface area contributed by atoms with Crippen LogP contribution in [0.1, 0.15) is 12.0 Å². The molecule has 0 radical (unpaired) electrons. The second kappa shape index (κ2) is 8.12. The summed E-state index contributed by atoms with van der Waals surface area (Å²) in [5.74, 6) is 0.394. The van der Waals surface area contributed by atoms with Crippen molar-refractivity contribution in [2.24, 2.45) is 7.05 Å². The molecule has 3 rings (SSSR count). The first-order valence-electron chi connectivity index (χ1n) is 7.64. The summed E-state index contributed by atoms with van der Waals surface area (Å²) >= 11 is 2.68. The van der Waals surface area contributed by atoms with Crippen LogP contribution >= 0.6 is 23.1 Å². The van der Waals surface area contributed by atoms with Gasteiger partial charge in [0, 0.05) is 19.2 Å². The van der Waals surface area contributed by atoms with Crippen molar-refractivity contribution in [2.45, 2.75) is 11.6 Å². The topological polar surface area (TPSA) is 83.6 Å². The first-order chi connectivity index (χ1) is 12.6. The van der Waals surface area contributed by atoms with Crippen molar-refractivity contribution >= 4 is 34.0 Å². The van der Waals surface area contributed by atoms with Gasteiger partial charge in [0.25, 0.3) is 0 Å². The van der Waals surface area contributed by atoms with Gasteiger partial charge in [0.05, 0.1) is 11.1 Å². The van der Waals surface area contributed by atoms with Crippen LogP contribution in [0.2, 0.25) is 0 Å². The lowest BCUT2D eigenvalue weighted by Crippen LogP contribution is -2.12. The van der Waals surface area contributed by atoms with Crippen molar-refractivity contribution in [3.63, 3.8) is 0 Å². The standard InChI is InChI=1S/C17H14FN5OS2/c1-23-15(12-4-2-3-5-13(12)18)21-22-17(23)26-9-7-14(24)20-16-11(10-19)6-8-25-16/h2-6,8H,7,9H2,1H3,(H,20,24). The summed E-state index contributed by atoms with van der Waals surface area (Å²) in [4.78, 5) is 12.0. The molecule has 9 heteroatoms. The zero-order valence-corrected chi connectivity index (χ0v) is 15.4. The first-order valence-corrected chi connectivity index (χ1v) is 9.51. The number of halogens is 1. The lowest BCUT2D eigenvalue weighted by Gasteiger charge is -2.05. The van der Waals surface area contributed by atoms with Gasteiger partial charge in [-0.3, -0.25) is 4.79 Å². The van der Waals surface area contributed by atoms with Crippen LogP contribution in [0.3, 0.4) is 0 Å². The number of rotatable bonds is 6. The van der Waals surface area contributed by atoms with Gasteiger partial charge in [-0.15, -0.1) is 21.5 Å². The number of benzene rings is 1. The van der Waals surface area contributed by atoms with Crippen molar-refractivity contribution in [3.8, 4) is 17.5 Å². The van der Waals surface area contributed by atoms with Crippen molar-refractivity contribution < 1.29 is 9.18 Å². The zero-order valence-electron chi connectivity index (χ0n) is 13.8. The Morgan fingerprint density at radius 3 is 2.96 bits per heavy atom. The summed E-state index contributed by atoms with van der Waals surface area (Å²) in [5, 5.41) is 22.7. The highest BCUT2D eigenvalue weighted by Gasteiger charge is 2.15. The predicted octanol–water partition coefficient (Wildman–Crippen LogP) is 3.68. The molecule has 0 unspecified atom stereocenters. The second-order valence-corrected chi connectivity index (χ2v) is 7.25. The molecular weight excluding hydrogens is 373 g/mol. The SMILES string of the molecule is Cn1c(SCCC(=O)Nc2sccc2C#N)nnc1-c1ccccc1F. The molecule has 1 N–H and O–H groups in total. The van der Waals surface area contributed by atoms with E-state index in [0.717, 1.165) is 0 Å². The molecule has 0 aliphatic heterocycles. The van der Waals surface area contributed by atoms with E-state index in [1.165, 1.54) is 29.2 Å². The fourth-order valence-electron chi connectivity index (χ4n) is 2.24. The number of nitrogens with one attached hydrogen (secondary N) is 1. The van der Waals surface area contributed by atoms with E-state index in [0.29, 0.717) is 32.9 Å². The molecular formula is C17H14FN5OS2. The summed E-state index contributed by atoms with van der Waals surface area (Å²) in [5.41, 5.74) is 0.840. The Morgan fingerprint density at radius 2 is 2.19 bits per heavy atom. The molecule has 0 atom stereocenters. The van der Waals surface area contributed by atoms with Crippen molar-refractivity contribution in [1.82, 2.24) is 14.8 Å². The fourth-order valence-corrected chi connectivity index (χ4v) is 3.84. The number of thioether (sulfide) groups is 1. The lowest BCUT2D eigenvalue weighted by molar-refractivity contribution is -0.115. The minimum atomic E-state index is -0.358. The molecule has 2 heterocycles. The number of nitriles is 1. The van der Waals surface area contributed by atoms with Gasteiger partial charge >= 0.3 is 0 Å². The maximum absolute atomic E-state index is 13.9. The second-order valence-electron chi connectivity index (χ2n) is 5.27. The summed E-state index contributed by atoms with van der Waals surface area (Å²) in [6, 6.07) is 10.1. The third-order valence-corrected chi connectivity index (χ3v) is 5.40. The highest BCUT2D eigenvalue weighted by Crippen LogP contribution is 2.25. The molecule has 0 aliphatic carbocycles. The molecule has 6 nitrogen and oxygen atoms in total. The van der Waals surface area contributed by atoms with E-state index >= 15 is 0 Å². The molecule has 132 valence electrons. The molecule has 0 saturated carbocycles. The van der Waals surface area contributed by atoms with E-state index in [4.69, 9.17) is 5.26 Å². The minimum Gasteiger partial charge on any atom is -0.317 e. The van der Waals surface area contributed by atoms with E-state index in [2.05, 4.69) is 15.5 Å². The fraction of sp³-hybridized carbons (Fsp3) is 0.176. The van der Waals surface area contributed by atoms with Gasteiger partial charge < -0.3 is 9.88 Å². The molecule has 2 aromatic heterocycles. The third kappa shape index (κ3) is 3.92. The molecule has 0 fully saturated rings. The van der Waals surface area contributed by atoms with E-state index < -0.39 is 0 Å². The third-order valence-electron chi connectivity index (χ3n) is 3.55. The zero-order chi connectivity index (χ0) is 18.5. The number of amides is 1. The molecule has 0 bridgehead atoms. The van der Waals surface area contributed by atoms with Gasteiger partial charge in [0.1, 0.15) is 16.9 Å². The van der Waals surface area contributed by atoms with E-state index in [1.807, 2.05) is 6.07 Å². The van der Waals surface area contributed by atoms with Crippen LogP contribution in [0.25, 0.3) is 11.4 Å². The number of nitrogens with zero attached hydrogens (tertiary/aromatic N) is 4. The molecule has 0 saturated heterocycles. The van der Waals surface area contributed by atoms with E-state index in [9.17, 15) is 9.18 Å². The van der Waals surface area contributed by atoms with Crippen LogP contribution in [0, 0.1) is 17.1 Å². The van der Waals surface area contributed by atoms with Crippen LogP contribution in [0.5, 0.6) is 0 Å². The Hall–Kier alpha value is -2.70. The van der Waals surface area contributed by atoms with Gasteiger partial charge in [-0.05, 0) is 23.6 Å². The van der Waals surface area contributed by atoms with Crippen LogP contribution < -0.4 is 5.32 Å². The molecule has 1 aromatic carbocycles. The maximum atomic E-state index is 13.9. The average Bonchev–Trinajstić information content (AvgIpc) is 3.22. The number of hydrogen-bond acceptors (Lipinski definition) is 6. The quantitative estimate of drug-likeness (QED) is 0.653. The maximum Gasteiger partial charge on any atom is 0.225 e. The van der Waals surface area contributed by atoms with Crippen molar-refractivity contribution in [1.29, 1.82) is 5.26 Å². The van der Waals surface area contributed by atoms with E-state index in [-0.39, 0.29) is 18.1 Å². The Bertz CT molecular complexity index is 976. The van der Waals surface area contributed by atoms with Crippen molar-refractivity contribution in [3.05, 3.63) is 47.1 Å². The van der Waals surface area contributed by atoms with Gasteiger partial charge in [-0.2, -0.15) is 5.26 Å². The summed E-state index contributed by atoms with van der Waals surface area (Å²) in [7, 11) is 1.76. The number of anilines is 1. The molecule has 3 aromatic rings. The first kappa shape index (κ1) is 18.1. The summed E-state index contributed by atoms with van der Waals surface area (Å²) in [6.07, 6.45) is 0.259. The number of hydrogen-bond donors (Lipinski definition) is 1. The lowest BCUT2D eigenvalue weighted by atomic mass is 10.2. The van der Waals surface area contributed by atoms with Gasteiger partial charge in [-0.1, -0.05) is 23.9 Å². The summed E-state index contributed by atoms with van der Waals surface area (Å²) < 4.78 is 15.6. The van der Waals surface area contributed by atoms with Crippen LogP contribution in [0.15, 0.2) is 40.9 Å². The monoisotopic (exact) mass is 387 g/mol. The Balaban J connectivity index is 1.58. The van der Waals surface area contributed by atoms with Gasteiger partial charge in [0.2, 0.25) is 5.91 Å². The number of aromatic nitrogens is 3. The highest BCUT2D eigenvalue weighted by atomic mass is 32.2. The molecule has 0 aliphatic rings. The van der Waals surface area contributed by atoms with Gasteiger partial charge in [-0.25, -0.2) is 4.39 Å². The normalized spacial score (nSPS) is 10.5. The van der Waals surface area contributed by atoms with Gasteiger partial charge in [0.15, 0.2) is 11.0 Å². The van der Waals surface area contributed by atoms with Crippen LogP contribution in [-0.4, -0.2) is 26.4 Å². The Morgan fingerprint density at radius 1 is 1.38 bits per heavy atom. The Kier molecular flexibility index (Phi) is 5.65. The molecule has 0 spiro atoms. The largest absolute Gasteiger partial charge is 0.317 e. The number of thiophene rings is 1. The number of carbonyl (C=O) groups excluding carboxylic acids is 1. The minimum absolute atomic E-state index is 0.173. The van der Waals surface area contributed by atoms with Crippen molar-refractivity contribution in [2.75, 3.05) is 11.1 Å². The average molecular weight is 387 g/mol. The Labute approximate surface area is 157 Å². The number of carbonyl (C=O) groups is 1. The highest BCUT2D eigenvalue weighted by molar-refractivity contribution is 7.99. The van der Waals surface area contributed by atoms with Crippen LogP contribution in [-0.2, 0) is 11.8 Å². The van der Waals surface area contributed by atoms with Crippen LogP contribution in [0.4, 0.5) is 9.39 Å². The summed E-state index contributed by atoms with van der Waals surface area (Å²) in [6.45, 7) is 0.